The first-order valence-electron chi connectivity index (χ1n) is 8.45. The van der Waals surface area contributed by atoms with Crippen molar-refractivity contribution in [2.75, 3.05) is 26.0 Å². The van der Waals surface area contributed by atoms with E-state index < -0.39 is 10.0 Å². The molecule has 2 aromatic rings. The zero-order chi connectivity index (χ0) is 17.8. The van der Waals surface area contributed by atoms with Gasteiger partial charge in [0.1, 0.15) is 5.60 Å². The number of hydrogen-bond donors (Lipinski definition) is 0. The maximum atomic E-state index is 11.8. The first-order chi connectivity index (χ1) is 11.8. The van der Waals surface area contributed by atoms with Crippen LogP contribution < -0.4 is 0 Å². The summed E-state index contributed by atoms with van der Waals surface area (Å²) in [6.45, 7) is 5.88. The number of fused-ring (bicyclic) bond motifs is 2. The number of sulfonamides is 1. The molecule has 5 nitrogen and oxygen atoms in total. The van der Waals surface area contributed by atoms with Crippen LogP contribution >= 0.6 is 22.7 Å². The predicted octanol–water partition coefficient (Wildman–Crippen LogP) is 3.31. The Balaban J connectivity index is 1.68. The van der Waals surface area contributed by atoms with Gasteiger partial charge in [-0.15, -0.1) is 22.7 Å². The minimum atomic E-state index is -3.12. The normalized spacial score (nSPS) is 20.8. The summed E-state index contributed by atoms with van der Waals surface area (Å²) in [5, 5.41) is 1.09. The molecule has 0 radical (unpaired) electrons. The van der Waals surface area contributed by atoms with Crippen LogP contribution in [0.5, 0.6) is 0 Å². The van der Waals surface area contributed by atoms with Gasteiger partial charge in [0.15, 0.2) is 0 Å². The molecule has 2 aliphatic rings. The molecule has 1 spiro atoms. The van der Waals surface area contributed by atoms with Crippen LogP contribution in [0.2, 0.25) is 0 Å². The lowest BCUT2D eigenvalue weighted by atomic mass is 9.86. The SMILES string of the molecule is Cc1nc(C)c(-c2cc3c(s2)C2(CCN(S(C)(=O)=O)CC2)OCC3)s1. The fourth-order valence-electron chi connectivity index (χ4n) is 3.84. The third-order valence-electron chi connectivity index (χ3n) is 5.10. The van der Waals surface area contributed by atoms with Gasteiger partial charge in [-0.2, -0.15) is 0 Å². The Kier molecular flexibility index (Phi) is 4.31. The van der Waals surface area contributed by atoms with E-state index >= 15 is 0 Å². The molecule has 2 aromatic heterocycles. The Hall–Kier alpha value is -0.800. The number of ether oxygens (including phenoxy) is 1. The number of piperidine rings is 1. The lowest BCUT2D eigenvalue weighted by Gasteiger charge is -2.42. The molecular formula is C17H22N2O3S3. The van der Waals surface area contributed by atoms with Gasteiger partial charge in [0, 0.05) is 22.8 Å². The van der Waals surface area contributed by atoms with E-state index in [0.29, 0.717) is 19.7 Å². The Morgan fingerprint density at radius 3 is 2.56 bits per heavy atom. The maximum absolute atomic E-state index is 11.8. The molecule has 0 aliphatic carbocycles. The third-order valence-corrected chi connectivity index (χ3v) is 9.02. The Labute approximate surface area is 156 Å². The largest absolute Gasteiger partial charge is 0.369 e. The van der Waals surface area contributed by atoms with Crippen LogP contribution in [0.25, 0.3) is 9.75 Å². The highest BCUT2D eigenvalue weighted by Gasteiger charge is 2.44. The monoisotopic (exact) mass is 398 g/mol. The van der Waals surface area contributed by atoms with Gasteiger partial charge in [-0.3, -0.25) is 0 Å². The van der Waals surface area contributed by atoms with Gasteiger partial charge in [0.25, 0.3) is 0 Å². The second-order valence-electron chi connectivity index (χ2n) is 6.87. The van der Waals surface area contributed by atoms with Gasteiger partial charge in [-0.25, -0.2) is 17.7 Å². The van der Waals surface area contributed by atoms with Crippen LogP contribution in [0.15, 0.2) is 6.07 Å². The predicted molar refractivity (Wildman–Crippen MR) is 102 cm³/mol. The molecule has 136 valence electrons. The number of aryl methyl sites for hydroxylation is 2. The highest BCUT2D eigenvalue weighted by Crippen LogP contribution is 2.48. The van der Waals surface area contributed by atoms with Crippen LogP contribution in [0.4, 0.5) is 0 Å². The van der Waals surface area contributed by atoms with Crippen molar-refractivity contribution in [3.63, 3.8) is 0 Å². The number of aromatic nitrogens is 1. The number of thiazole rings is 1. The first-order valence-corrected chi connectivity index (χ1v) is 11.9. The van der Waals surface area contributed by atoms with Crippen molar-refractivity contribution in [1.82, 2.24) is 9.29 Å². The van der Waals surface area contributed by atoms with Crippen LogP contribution in [-0.2, 0) is 26.8 Å². The maximum Gasteiger partial charge on any atom is 0.211 e. The molecule has 0 aromatic carbocycles. The first kappa shape index (κ1) is 17.6. The molecule has 1 saturated heterocycles. The number of nitrogens with zero attached hydrogens (tertiary/aromatic N) is 2. The average molecular weight is 399 g/mol. The molecule has 2 aliphatic heterocycles. The fraction of sp³-hybridized carbons (Fsp3) is 0.588. The molecule has 25 heavy (non-hydrogen) atoms. The number of hydrogen-bond acceptors (Lipinski definition) is 6. The molecule has 0 unspecified atom stereocenters. The minimum absolute atomic E-state index is 0.314. The van der Waals surface area contributed by atoms with E-state index in [1.807, 2.05) is 18.3 Å². The van der Waals surface area contributed by atoms with E-state index in [2.05, 4.69) is 18.0 Å². The number of rotatable bonds is 2. The summed E-state index contributed by atoms with van der Waals surface area (Å²) in [5.74, 6) is 0. The summed E-state index contributed by atoms with van der Waals surface area (Å²) < 4.78 is 31.5. The van der Waals surface area contributed by atoms with E-state index in [0.717, 1.165) is 30.0 Å². The zero-order valence-electron chi connectivity index (χ0n) is 14.7. The van der Waals surface area contributed by atoms with Gasteiger partial charge < -0.3 is 4.74 Å². The topological polar surface area (TPSA) is 59.5 Å². The van der Waals surface area contributed by atoms with Crippen LogP contribution in [0.3, 0.4) is 0 Å². The van der Waals surface area contributed by atoms with Crippen LogP contribution in [0.1, 0.15) is 34.0 Å². The molecule has 4 rings (SSSR count). The lowest BCUT2D eigenvalue weighted by Crippen LogP contribution is -2.47. The summed E-state index contributed by atoms with van der Waals surface area (Å²) in [6, 6.07) is 2.30. The van der Waals surface area contributed by atoms with Crippen LogP contribution in [0, 0.1) is 13.8 Å². The lowest BCUT2D eigenvalue weighted by molar-refractivity contribution is -0.0861. The Bertz CT molecular complexity index is 906. The smallest absolute Gasteiger partial charge is 0.211 e. The molecule has 0 atom stereocenters. The van der Waals surface area contributed by atoms with Gasteiger partial charge in [0.2, 0.25) is 10.0 Å². The molecule has 1 fully saturated rings. The van der Waals surface area contributed by atoms with Gasteiger partial charge >= 0.3 is 0 Å². The van der Waals surface area contributed by atoms with E-state index in [4.69, 9.17) is 4.74 Å². The molecule has 0 amide bonds. The standard InChI is InChI=1S/C17H22N2O3S3/c1-11-15(23-12(2)18-11)14-10-13-4-9-22-17(16(13)24-14)5-7-19(8-6-17)25(3,20)21/h10H,4-9H2,1-3H3. The Morgan fingerprint density at radius 1 is 1.24 bits per heavy atom. The average Bonchev–Trinajstić information content (AvgIpc) is 3.11. The fourth-order valence-corrected chi connectivity index (χ4v) is 7.17. The van der Waals surface area contributed by atoms with E-state index in [1.54, 1.807) is 15.6 Å². The molecule has 0 N–H and O–H groups in total. The van der Waals surface area contributed by atoms with Crippen molar-refractivity contribution in [3.05, 3.63) is 27.2 Å². The number of thiophene rings is 1. The summed E-state index contributed by atoms with van der Waals surface area (Å²) >= 11 is 3.55. The summed E-state index contributed by atoms with van der Waals surface area (Å²) in [4.78, 5) is 8.37. The minimum Gasteiger partial charge on any atom is -0.369 e. The molecule has 0 saturated carbocycles. The second-order valence-corrected chi connectivity index (χ2v) is 11.1. The summed E-state index contributed by atoms with van der Waals surface area (Å²) in [7, 11) is -3.12. The molecule has 4 heterocycles. The van der Waals surface area contributed by atoms with Gasteiger partial charge in [0.05, 0.1) is 28.4 Å². The summed E-state index contributed by atoms with van der Waals surface area (Å²) in [5.41, 5.74) is 2.14. The molecule has 0 bridgehead atoms. The van der Waals surface area contributed by atoms with E-state index in [-0.39, 0.29) is 5.60 Å². The van der Waals surface area contributed by atoms with Gasteiger partial charge in [-0.1, -0.05) is 0 Å². The van der Waals surface area contributed by atoms with Crippen molar-refractivity contribution >= 4 is 32.7 Å². The van der Waals surface area contributed by atoms with E-state index in [9.17, 15) is 8.42 Å². The van der Waals surface area contributed by atoms with Crippen molar-refractivity contribution in [3.8, 4) is 9.75 Å². The zero-order valence-corrected chi connectivity index (χ0v) is 17.1. The molecular weight excluding hydrogens is 376 g/mol. The quantitative estimate of drug-likeness (QED) is 0.779. The third kappa shape index (κ3) is 3.08. The van der Waals surface area contributed by atoms with Crippen LogP contribution in [-0.4, -0.2) is 43.7 Å². The van der Waals surface area contributed by atoms with Gasteiger partial charge in [-0.05, 0) is 44.7 Å². The van der Waals surface area contributed by atoms with Crippen molar-refractivity contribution < 1.29 is 13.2 Å². The molecule has 8 heteroatoms. The van der Waals surface area contributed by atoms with E-state index in [1.165, 1.54) is 26.5 Å². The highest BCUT2D eigenvalue weighted by molar-refractivity contribution is 7.88. The van der Waals surface area contributed by atoms with Crippen molar-refractivity contribution in [2.24, 2.45) is 0 Å². The van der Waals surface area contributed by atoms with Crippen molar-refractivity contribution in [2.45, 2.75) is 38.7 Å². The van der Waals surface area contributed by atoms with Crippen molar-refractivity contribution in [1.29, 1.82) is 0 Å². The Morgan fingerprint density at radius 2 is 1.96 bits per heavy atom. The summed E-state index contributed by atoms with van der Waals surface area (Å²) in [6.07, 6.45) is 3.68. The highest BCUT2D eigenvalue weighted by atomic mass is 32.2. The second kappa shape index (κ2) is 6.13.